The van der Waals surface area contributed by atoms with Gasteiger partial charge >= 0.3 is 5.97 Å². The second-order valence-corrected chi connectivity index (χ2v) is 14.0. The lowest BCUT2D eigenvalue weighted by Crippen LogP contribution is -2.44. The van der Waals surface area contributed by atoms with E-state index >= 15 is 0 Å². The third kappa shape index (κ3) is 7.19. The molecule has 1 aliphatic heterocycles. The summed E-state index contributed by atoms with van der Waals surface area (Å²) in [4.78, 5) is 16.5. The molecule has 0 saturated carbocycles. The molecule has 0 atom stereocenters. The lowest BCUT2D eigenvalue weighted by atomic mass is 9.85. The lowest BCUT2D eigenvalue weighted by molar-refractivity contribution is 0.00561. The number of ether oxygens (including phenoxy) is 2. The summed E-state index contributed by atoms with van der Waals surface area (Å²) in [6.07, 6.45) is 1.44. The minimum absolute atomic E-state index is 0.221. The van der Waals surface area contributed by atoms with Crippen LogP contribution in [-0.2, 0) is 23.1 Å². The quantitative estimate of drug-likeness (QED) is 0.158. The highest BCUT2D eigenvalue weighted by molar-refractivity contribution is 6.32. The summed E-state index contributed by atoms with van der Waals surface area (Å²) >= 11 is 6.93. The fourth-order valence-corrected chi connectivity index (χ4v) is 6.61. The van der Waals surface area contributed by atoms with Crippen LogP contribution in [0, 0.1) is 0 Å². The largest absolute Gasteiger partial charge is 0.493 e. The molecule has 4 aromatic rings. The minimum Gasteiger partial charge on any atom is -0.493 e. The van der Waals surface area contributed by atoms with Crippen LogP contribution in [0.5, 0.6) is 5.75 Å². The molecule has 0 amide bonds. The SMILES string of the molecule is CC(C)(C)OC(=O)c1c(CCCOc2cccc3ccccc23)c2ccc(Cl)c(C(C)(C)C)c2n1CCN1CCNCC1. The molecule has 1 aromatic heterocycles. The Kier molecular flexibility index (Phi) is 9.40. The van der Waals surface area contributed by atoms with Crippen LogP contribution in [0.15, 0.2) is 54.6 Å². The average Bonchev–Trinajstić information content (AvgIpc) is 3.26. The molecule has 0 radical (unpaired) electrons. The van der Waals surface area contributed by atoms with E-state index in [2.05, 4.69) is 59.8 Å². The summed E-state index contributed by atoms with van der Waals surface area (Å²) in [6.45, 7) is 18.3. The highest BCUT2D eigenvalue weighted by atomic mass is 35.5. The Bertz CT molecular complexity index is 1580. The van der Waals surface area contributed by atoms with E-state index in [0.717, 1.165) is 82.7 Å². The van der Waals surface area contributed by atoms with Gasteiger partial charge in [-0.2, -0.15) is 0 Å². The van der Waals surface area contributed by atoms with Gasteiger partial charge < -0.3 is 19.4 Å². The van der Waals surface area contributed by atoms with E-state index in [0.29, 0.717) is 25.3 Å². The van der Waals surface area contributed by atoms with Gasteiger partial charge in [0.1, 0.15) is 17.0 Å². The van der Waals surface area contributed by atoms with Gasteiger partial charge in [0.2, 0.25) is 0 Å². The number of rotatable bonds is 9. The van der Waals surface area contributed by atoms with Gasteiger partial charge in [0.05, 0.1) is 12.1 Å². The Hall–Kier alpha value is -3.06. The molecule has 3 aromatic carbocycles. The molecular weight excluding hydrogens is 558 g/mol. The number of esters is 1. The summed E-state index contributed by atoms with van der Waals surface area (Å²) in [7, 11) is 0. The van der Waals surface area contributed by atoms with Crippen LogP contribution in [0.1, 0.15) is 69.6 Å². The number of benzene rings is 3. The monoisotopic (exact) mass is 603 g/mol. The van der Waals surface area contributed by atoms with E-state index in [1.165, 1.54) is 0 Å². The first-order valence-corrected chi connectivity index (χ1v) is 15.9. The van der Waals surface area contributed by atoms with E-state index in [9.17, 15) is 4.79 Å². The molecule has 0 aliphatic carbocycles. The topological polar surface area (TPSA) is 55.7 Å². The average molecular weight is 604 g/mol. The van der Waals surface area contributed by atoms with Crippen molar-refractivity contribution < 1.29 is 14.3 Å². The van der Waals surface area contributed by atoms with Crippen molar-refractivity contribution in [1.29, 1.82) is 0 Å². The molecule has 0 spiro atoms. The van der Waals surface area contributed by atoms with Crippen molar-refractivity contribution in [1.82, 2.24) is 14.8 Å². The first-order chi connectivity index (χ1) is 20.4. The molecule has 7 heteroatoms. The summed E-state index contributed by atoms with van der Waals surface area (Å²) in [5.74, 6) is 0.593. The molecule has 1 N–H and O–H groups in total. The minimum atomic E-state index is -0.615. The maximum atomic E-state index is 14.0. The van der Waals surface area contributed by atoms with Crippen molar-refractivity contribution in [2.45, 2.75) is 71.9 Å². The summed E-state index contributed by atoms with van der Waals surface area (Å²) in [6, 6.07) is 18.5. The zero-order chi connectivity index (χ0) is 30.8. The number of carbonyl (C=O) groups excluding carboxylic acids is 1. The Morgan fingerprint density at radius 2 is 1.63 bits per heavy atom. The van der Waals surface area contributed by atoms with Crippen LogP contribution in [0.2, 0.25) is 5.02 Å². The first kappa shape index (κ1) is 31.4. The molecule has 43 heavy (non-hydrogen) atoms. The zero-order valence-corrected chi connectivity index (χ0v) is 27.3. The van der Waals surface area contributed by atoms with Crippen molar-refractivity contribution in [2.75, 3.05) is 39.3 Å². The number of aromatic nitrogens is 1. The fourth-order valence-electron chi connectivity index (χ4n) is 6.17. The van der Waals surface area contributed by atoms with Crippen LogP contribution in [0.25, 0.3) is 21.7 Å². The maximum absolute atomic E-state index is 14.0. The van der Waals surface area contributed by atoms with E-state index in [4.69, 9.17) is 21.1 Å². The Labute approximate surface area is 261 Å². The number of nitrogens with one attached hydrogen (secondary N) is 1. The van der Waals surface area contributed by atoms with Crippen molar-refractivity contribution in [3.05, 3.63) is 76.4 Å². The summed E-state index contributed by atoms with van der Waals surface area (Å²) in [5, 5.41) is 7.50. The number of piperazine rings is 1. The molecule has 1 aliphatic rings. The number of halogens is 1. The number of carbonyl (C=O) groups is 1. The smallest absolute Gasteiger partial charge is 0.355 e. The van der Waals surface area contributed by atoms with Gasteiger partial charge in [0, 0.05) is 60.6 Å². The van der Waals surface area contributed by atoms with Crippen LogP contribution in [0.4, 0.5) is 0 Å². The molecule has 5 rings (SSSR count). The molecule has 1 fully saturated rings. The number of fused-ring (bicyclic) bond motifs is 2. The molecule has 0 bridgehead atoms. The van der Waals surface area contributed by atoms with Crippen LogP contribution < -0.4 is 10.1 Å². The van der Waals surface area contributed by atoms with E-state index in [1.807, 2.05) is 51.1 Å². The fraction of sp³-hybridized carbons (Fsp3) is 0.472. The van der Waals surface area contributed by atoms with Gasteiger partial charge in [0.15, 0.2) is 0 Å². The summed E-state index contributed by atoms with van der Waals surface area (Å²) in [5.41, 5.74) is 2.92. The standard InChI is InChI=1S/C36H46ClN3O3/c1-35(2,3)31-29(37)17-16-28-27(14-10-24-42-30-15-9-12-25-11-7-8-13-26(25)30)33(34(41)43-36(4,5)6)40(32(28)31)23-22-39-20-18-38-19-21-39/h7-9,11-13,15-17,38H,10,14,18-24H2,1-6H3. The number of aryl methyl sites for hydroxylation is 1. The second-order valence-electron chi connectivity index (χ2n) is 13.6. The molecule has 6 nitrogen and oxygen atoms in total. The van der Waals surface area contributed by atoms with E-state index in [1.54, 1.807) is 0 Å². The Morgan fingerprint density at radius 1 is 0.907 bits per heavy atom. The second kappa shape index (κ2) is 12.9. The molecule has 230 valence electrons. The number of nitrogens with zero attached hydrogens (tertiary/aromatic N) is 2. The van der Waals surface area contributed by atoms with Crippen molar-refractivity contribution in [3.8, 4) is 5.75 Å². The Morgan fingerprint density at radius 3 is 2.35 bits per heavy atom. The predicted molar refractivity (Wildman–Crippen MR) is 178 cm³/mol. The highest BCUT2D eigenvalue weighted by Crippen LogP contribution is 2.40. The third-order valence-electron chi connectivity index (χ3n) is 8.05. The number of hydrogen-bond acceptors (Lipinski definition) is 5. The molecule has 1 saturated heterocycles. The third-order valence-corrected chi connectivity index (χ3v) is 8.36. The van der Waals surface area contributed by atoms with Crippen LogP contribution in [-0.4, -0.2) is 60.4 Å². The number of hydrogen-bond donors (Lipinski definition) is 1. The van der Waals surface area contributed by atoms with Gasteiger partial charge in [-0.05, 0) is 62.1 Å². The molecule has 0 unspecified atom stereocenters. The maximum Gasteiger partial charge on any atom is 0.355 e. The summed E-state index contributed by atoms with van der Waals surface area (Å²) < 4.78 is 14.6. The Balaban J connectivity index is 1.54. The van der Waals surface area contributed by atoms with E-state index < -0.39 is 5.60 Å². The predicted octanol–water partition coefficient (Wildman–Crippen LogP) is 7.62. The van der Waals surface area contributed by atoms with Gasteiger partial charge in [-0.3, -0.25) is 4.90 Å². The van der Waals surface area contributed by atoms with Crippen molar-refractivity contribution in [2.24, 2.45) is 0 Å². The van der Waals surface area contributed by atoms with Crippen LogP contribution >= 0.6 is 11.6 Å². The van der Waals surface area contributed by atoms with Gasteiger partial charge in [0.25, 0.3) is 0 Å². The molecule has 2 heterocycles. The normalized spacial score (nSPS) is 14.9. The van der Waals surface area contributed by atoms with Gasteiger partial charge in [-0.25, -0.2) is 4.79 Å². The van der Waals surface area contributed by atoms with Crippen LogP contribution in [0.3, 0.4) is 0 Å². The molecular formula is C36H46ClN3O3. The highest BCUT2D eigenvalue weighted by Gasteiger charge is 2.31. The van der Waals surface area contributed by atoms with Gasteiger partial charge in [-0.1, -0.05) is 74.8 Å². The van der Waals surface area contributed by atoms with Gasteiger partial charge in [-0.15, -0.1) is 0 Å². The lowest BCUT2D eigenvalue weighted by Gasteiger charge is -2.29. The van der Waals surface area contributed by atoms with Crippen molar-refractivity contribution in [3.63, 3.8) is 0 Å². The zero-order valence-electron chi connectivity index (χ0n) is 26.6. The van der Waals surface area contributed by atoms with E-state index in [-0.39, 0.29) is 11.4 Å². The first-order valence-electron chi connectivity index (χ1n) is 15.5. The van der Waals surface area contributed by atoms with Crippen molar-refractivity contribution >= 4 is 39.2 Å².